The predicted molar refractivity (Wildman–Crippen MR) is 114 cm³/mol. The lowest BCUT2D eigenvalue weighted by atomic mass is 10.2. The van der Waals surface area contributed by atoms with Crippen LogP contribution in [0, 0.1) is 6.92 Å². The second-order valence-electron chi connectivity index (χ2n) is 6.23. The van der Waals surface area contributed by atoms with Crippen molar-refractivity contribution in [1.29, 1.82) is 0 Å². The molecule has 3 aromatic rings. The number of carbonyl (C=O) groups is 1. The normalized spacial score (nSPS) is 10.6. The largest absolute Gasteiger partial charge is 0.495 e. The van der Waals surface area contributed by atoms with Crippen molar-refractivity contribution in [2.75, 3.05) is 18.2 Å². The van der Waals surface area contributed by atoms with Crippen molar-refractivity contribution in [2.45, 2.75) is 32.2 Å². The van der Waals surface area contributed by atoms with E-state index < -0.39 is 0 Å². The second kappa shape index (κ2) is 9.97. The quantitative estimate of drug-likeness (QED) is 0.537. The molecular formula is C21H24N4O3S. The van der Waals surface area contributed by atoms with E-state index in [1.54, 1.807) is 19.2 Å². The Labute approximate surface area is 174 Å². The van der Waals surface area contributed by atoms with Crippen LogP contribution in [0.15, 0.2) is 53.7 Å². The van der Waals surface area contributed by atoms with Gasteiger partial charge in [-0.1, -0.05) is 42.1 Å². The van der Waals surface area contributed by atoms with Crippen LogP contribution in [0.4, 0.5) is 5.69 Å². The van der Waals surface area contributed by atoms with E-state index in [0.717, 1.165) is 17.1 Å². The number of thioether (sulfide) groups is 1. The van der Waals surface area contributed by atoms with Gasteiger partial charge in [-0.2, -0.15) is 0 Å². The number of para-hydroxylation sites is 3. The first kappa shape index (κ1) is 20.7. The molecule has 0 saturated heterocycles. The Morgan fingerprint density at radius 3 is 2.55 bits per heavy atom. The van der Waals surface area contributed by atoms with Crippen molar-refractivity contribution in [3.8, 4) is 11.5 Å². The Hall–Kier alpha value is -3.00. The standard InChI is InChI=1S/C21H24N4O3S/c1-4-25-19(13-28-17-11-7-5-9-15(17)2)23-24-21(25)29-14-20(26)22-16-10-6-8-12-18(16)27-3/h5-12H,4,13-14H2,1-3H3,(H,22,26). The summed E-state index contributed by atoms with van der Waals surface area (Å²) in [5.74, 6) is 2.25. The van der Waals surface area contributed by atoms with E-state index in [4.69, 9.17) is 9.47 Å². The van der Waals surface area contributed by atoms with Gasteiger partial charge in [-0.3, -0.25) is 4.79 Å². The van der Waals surface area contributed by atoms with Crippen LogP contribution < -0.4 is 14.8 Å². The molecule has 1 N–H and O–H groups in total. The lowest BCUT2D eigenvalue weighted by molar-refractivity contribution is -0.113. The molecule has 0 atom stereocenters. The van der Waals surface area contributed by atoms with Crippen molar-refractivity contribution in [1.82, 2.24) is 14.8 Å². The molecule has 1 heterocycles. The Morgan fingerprint density at radius 2 is 1.83 bits per heavy atom. The molecule has 7 nitrogen and oxygen atoms in total. The van der Waals surface area contributed by atoms with Gasteiger partial charge in [-0.15, -0.1) is 10.2 Å². The third-order valence-electron chi connectivity index (χ3n) is 4.27. The molecule has 1 aromatic heterocycles. The van der Waals surface area contributed by atoms with Gasteiger partial charge in [0.25, 0.3) is 0 Å². The fourth-order valence-electron chi connectivity index (χ4n) is 2.78. The molecule has 29 heavy (non-hydrogen) atoms. The third kappa shape index (κ3) is 5.29. The lowest BCUT2D eigenvalue weighted by Crippen LogP contribution is -2.15. The Bertz CT molecular complexity index is 974. The number of ether oxygens (including phenoxy) is 2. The van der Waals surface area contributed by atoms with E-state index in [1.807, 2.05) is 54.8 Å². The van der Waals surface area contributed by atoms with Crippen LogP contribution in [0.3, 0.4) is 0 Å². The summed E-state index contributed by atoms with van der Waals surface area (Å²) in [6.45, 7) is 5.02. The minimum Gasteiger partial charge on any atom is -0.495 e. The highest BCUT2D eigenvalue weighted by atomic mass is 32.2. The fraction of sp³-hybridized carbons (Fsp3) is 0.286. The fourth-order valence-corrected chi connectivity index (χ4v) is 3.60. The smallest absolute Gasteiger partial charge is 0.234 e. The van der Waals surface area contributed by atoms with E-state index in [0.29, 0.717) is 29.7 Å². The zero-order valence-corrected chi connectivity index (χ0v) is 17.5. The SMILES string of the molecule is CCn1c(COc2ccccc2C)nnc1SCC(=O)Nc1ccccc1OC. The highest BCUT2D eigenvalue weighted by molar-refractivity contribution is 7.99. The maximum absolute atomic E-state index is 12.3. The zero-order valence-electron chi connectivity index (χ0n) is 16.7. The molecule has 0 aliphatic rings. The molecule has 0 bridgehead atoms. The first-order valence-corrected chi connectivity index (χ1v) is 10.3. The summed E-state index contributed by atoms with van der Waals surface area (Å²) in [5, 5.41) is 12.0. The van der Waals surface area contributed by atoms with Gasteiger partial charge in [0.05, 0.1) is 18.6 Å². The zero-order chi connectivity index (χ0) is 20.6. The van der Waals surface area contributed by atoms with Crippen LogP contribution in [-0.2, 0) is 17.9 Å². The number of anilines is 1. The van der Waals surface area contributed by atoms with E-state index in [1.165, 1.54) is 11.8 Å². The van der Waals surface area contributed by atoms with Gasteiger partial charge in [0.15, 0.2) is 11.0 Å². The number of carbonyl (C=O) groups excluding carboxylic acids is 1. The molecule has 0 saturated carbocycles. The monoisotopic (exact) mass is 412 g/mol. The molecule has 3 rings (SSSR count). The van der Waals surface area contributed by atoms with Crippen LogP contribution in [0.1, 0.15) is 18.3 Å². The number of amides is 1. The number of hydrogen-bond donors (Lipinski definition) is 1. The van der Waals surface area contributed by atoms with Crippen molar-refractivity contribution in [2.24, 2.45) is 0 Å². The lowest BCUT2D eigenvalue weighted by Gasteiger charge is -2.11. The molecular weight excluding hydrogens is 388 g/mol. The topological polar surface area (TPSA) is 78.3 Å². The number of nitrogens with zero attached hydrogens (tertiary/aromatic N) is 3. The number of benzene rings is 2. The van der Waals surface area contributed by atoms with Crippen molar-refractivity contribution >= 4 is 23.4 Å². The van der Waals surface area contributed by atoms with Gasteiger partial charge in [0.2, 0.25) is 5.91 Å². The highest BCUT2D eigenvalue weighted by Gasteiger charge is 2.15. The van der Waals surface area contributed by atoms with E-state index in [-0.39, 0.29) is 11.7 Å². The van der Waals surface area contributed by atoms with Gasteiger partial charge in [-0.05, 0) is 37.6 Å². The van der Waals surface area contributed by atoms with Gasteiger partial charge >= 0.3 is 0 Å². The van der Waals surface area contributed by atoms with Gasteiger partial charge in [0, 0.05) is 6.54 Å². The molecule has 1 amide bonds. The molecule has 8 heteroatoms. The summed E-state index contributed by atoms with van der Waals surface area (Å²) in [6, 6.07) is 15.2. The highest BCUT2D eigenvalue weighted by Crippen LogP contribution is 2.24. The number of methoxy groups -OCH3 is 1. The van der Waals surface area contributed by atoms with Crippen LogP contribution >= 0.6 is 11.8 Å². The van der Waals surface area contributed by atoms with Crippen molar-refractivity contribution in [3.05, 3.63) is 59.9 Å². The Morgan fingerprint density at radius 1 is 1.10 bits per heavy atom. The third-order valence-corrected chi connectivity index (χ3v) is 5.24. The average Bonchev–Trinajstić information content (AvgIpc) is 3.14. The number of aromatic nitrogens is 3. The summed E-state index contributed by atoms with van der Waals surface area (Å²) in [5.41, 5.74) is 1.71. The number of rotatable bonds is 9. The van der Waals surface area contributed by atoms with E-state index in [2.05, 4.69) is 15.5 Å². The maximum atomic E-state index is 12.3. The van der Waals surface area contributed by atoms with Crippen LogP contribution in [0.25, 0.3) is 0 Å². The van der Waals surface area contributed by atoms with Crippen LogP contribution in [0.5, 0.6) is 11.5 Å². The summed E-state index contributed by atoms with van der Waals surface area (Å²) in [4.78, 5) is 12.3. The minimum absolute atomic E-state index is 0.136. The summed E-state index contributed by atoms with van der Waals surface area (Å²) in [7, 11) is 1.57. The van der Waals surface area contributed by atoms with E-state index >= 15 is 0 Å². The van der Waals surface area contributed by atoms with Crippen molar-refractivity contribution in [3.63, 3.8) is 0 Å². The number of aryl methyl sites for hydroxylation is 1. The van der Waals surface area contributed by atoms with Gasteiger partial charge < -0.3 is 19.4 Å². The first-order valence-electron chi connectivity index (χ1n) is 9.28. The van der Waals surface area contributed by atoms with E-state index in [9.17, 15) is 4.79 Å². The molecule has 152 valence electrons. The Balaban J connectivity index is 1.60. The molecule has 0 spiro atoms. The maximum Gasteiger partial charge on any atom is 0.234 e. The van der Waals surface area contributed by atoms with Crippen molar-refractivity contribution < 1.29 is 14.3 Å². The minimum atomic E-state index is -0.136. The number of hydrogen-bond acceptors (Lipinski definition) is 6. The van der Waals surface area contributed by atoms with Gasteiger partial charge in [0.1, 0.15) is 18.1 Å². The molecule has 0 fully saturated rings. The molecule has 0 aliphatic carbocycles. The summed E-state index contributed by atoms with van der Waals surface area (Å²) >= 11 is 1.34. The second-order valence-corrected chi connectivity index (χ2v) is 7.18. The van der Waals surface area contributed by atoms with Crippen LogP contribution in [-0.4, -0.2) is 33.5 Å². The number of nitrogens with one attached hydrogen (secondary N) is 1. The molecule has 0 unspecified atom stereocenters. The summed E-state index contributed by atoms with van der Waals surface area (Å²) < 4.78 is 13.1. The Kier molecular flexibility index (Phi) is 7.13. The first-order chi connectivity index (χ1) is 14.1. The molecule has 0 radical (unpaired) electrons. The molecule has 0 aliphatic heterocycles. The van der Waals surface area contributed by atoms with Gasteiger partial charge in [-0.25, -0.2) is 0 Å². The average molecular weight is 413 g/mol. The molecule has 2 aromatic carbocycles. The predicted octanol–water partition coefficient (Wildman–Crippen LogP) is 3.92. The summed E-state index contributed by atoms with van der Waals surface area (Å²) in [6.07, 6.45) is 0. The van der Waals surface area contributed by atoms with Crippen LogP contribution in [0.2, 0.25) is 0 Å².